The molecular weight excluding hydrogens is 454 g/mol. The molecular formula is C30H31NO5. The van der Waals surface area contributed by atoms with Crippen LogP contribution in [0.15, 0.2) is 66.2 Å². The molecule has 6 heteroatoms. The Morgan fingerprint density at radius 3 is 2.33 bits per heavy atom. The first-order valence-corrected chi connectivity index (χ1v) is 11.9. The number of carbonyl (C=O) groups excluding carboxylic acids is 2. The molecule has 1 fully saturated rings. The van der Waals surface area contributed by atoms with Crippen molar-refractivity contribution >= 4 is 23.1 Å². The van der Waals surface area contributed by atoms with Crippen molar-refractivity contribution in [3.8, 4) is 11.5 Å². The molecule has 1 amide bonds. The fourth-order valence-corrected chi connectivity index (χ4v) is 4.77. The number of rotatable bonds is 6. The number of ether oxygens (including phenoxy) is 2. The molecule has 3 aromatic rings. The molecule has 4 rings (SSSR count). The van der Waals surface area contributed by atoms with Crippen LogP contribution in [0.25, 0.3) is 5.76 Å². The predicted octanol–water partition coefficient (Wildman–Crippen LogP) is 6.07. The minimum absolute atomic E-state index is 0.0353. The molecule has 0 radical (unpaired) electrons. The van der Waals surface area contributed by atoms with Gasteiger partial charge in [-0.3, -0.25) is 14.5 Å². The summed E-state index contributed by atoms with van der Waals surface area (Å²) in [7, 11) is 3.16. The third-order valence-corrected chi connectivity index (χ3v) is 6.59. The van der Waals surface area contributed by atoms with Crippen molar-refractivity contribution in [2.24, 2.45) is 0 Å². The highest BCUT2D eigenvalue weighted by molar-refractivity contribution is 6.51. The number of Topliss-reactive ketones (excluding diaryl/α,β-unsaturated/α-hetero) is 1. The summed E-state index contributed by atoms with van der Waals surface area (Å²) in [6.07, 6.45) is 0. The molecule has 6 nitrogen and oxygen atoms in total. The van der Waals surface area contributed by atoms with E-state index >= 15 is 0 Å². The first kappa shape index (κ1) is 25.0. The Bertz CT molecular complexity index is 1370. The average Bonchev–Trinajstić information content (AvgIpc) is 3.13. The molecule has 0 spiro atoms. The van der Waals surface area contributed by atoms with E-state index in [9.17, 15) is 14.7 Å². The first-order chi connectivity index (χ1) is 17.2. The van der Waals surface area contributed by atoms with E-state index in [1.54, 1.807) is 44.6 Å². The van der Waals surface area contributed by atoms with E-state index in [1.165, 1.54) is 4.90 Å². The van der Waals surface area contributed by atoms with Crippen molar-refractivity contribution in [2.45, 2.75) is 39.7 Å². The number of benzene rings is 3. The monoisotopic (exact) mass is 485 g/mol. The molecule has 1 N–H and O–H groups in total. The Morgan fingerprint density at radius 1 is 0.944 bits per heavy atom. The second-order valence-corrected chi connectivity index (χ2v) is 9.35. The van der Waals surface area contributed by atoms with E-state index in [0.29, 0.717) is 28.3 Å². The van der Waals surface area contributed by atoms with Gasteiger partial charge in [-0.2, -0.15) is 0 Å². The maximum atomic E-state index is 13.5. The van der Waals surface area contributed by atoms with Gasteiger partial charge in [-0.25, -0.2) is 0 Å². The van der Waals surface area contributed by atoms with Crippen LogP contribution in [0.3, 0.4) is 0 Å². The summed E-state index contributed by atoms with van der Waals surface area (Å²) in [5.41, 5.74) is 4.56. The Morgan fingerprint density at radius 2 is 1.69 bits per heavy atom. The van der Waals surface area contributed by atoms with Crippen LogP contribution in [0.1, 0.15) is 53.6 Å². The van der Waals surface area contributed by atoms with Crippen molar-refractivity contribution in [1.29, 1.82) is 0 Å². The van der Waals surface area contributed by atoms with Crippen LogP contribution in [-0.2, 0) is 9.59 Å². The number of aliphatic hydroxyl groups is 1. The van der Waals surface area contributed by atoms with E-state index in [4.69, 9.17) is 9.47 Å². The van der Waals surface area contributed by atoms with Gasteiger partial charge in [0.1, 0.15) is 17.3 Å². The number of aryl methyl sites for hydroxylation is 2. The van der Waals surface area contributed by atoms with Gasteiger partial charge in [-0.05, 0) is 72.9 Å². The van der Waals surface area contributed by atoms with Crippen LogP contribution in [0.2, 0.25) is 0 Å². The summed E-state index contributed by atoms with van der Waals surface area (Å²) < 4.78 is 10.9. The van der Waals surface area contributed by atoms with Gasteiger partial charge in [0.15, 0.2) is 0 Å². The quantitative estimate of drug-likeness (QED) is 0.261. The fraction of sp³-hybridized carbons (Fsp3) is 0.267. The molecule has 0 aromatic heterocycles. The third-order valence-electron chi connectivity index (χ3n) is 6.59. The normalized spacial score (nSPS) is 17.1. The molecule has 0 saturated carbocycles. The smallest absolute Gasteiger partial charge is 0.300 e. The van der Waals surface area contributed by atoms with Crippen LogP contribution in [0.4, 0.5) is 5.69 Å². The van der Waals surface area contributed by atoms with Gasteiger partial charge in [0.25, 0.3) is 11.7 Å². The van der Waals surface area contributed by atoms with Gasteiger partial charge in [0.05, 0.1) is 25.8 Å². The number of hydrogen-bond acceptors (Lipinski definition) is 5. The maximum Gasteiger partial charge on any atom is 0.300 e. The third kappa shape index (κ3) is 4.35. The molecule has 0 aliphatic carbocycles. The van der Waals surface area contributed by atoms with E-state index in [-0.39, 0.29) is 17.3 Å². The lowest BCUT2D eigenvalue weighted by Gasteiger charge is -2.27. The Hall–Kier alpha value is -4.06. The second kappa shape index (κ2) is 9.90. The molecule has 3 aromatic carbocycles. The molecule has 0 bridgehead atoms. The number of aliphatic hydroxyl groups excluding tert-OH is 1. The van der Waals surface area contributed by atoms with Crippen molar-refractivity contribution < 1.29 is 24.2 Å². The van der Waals surface area contributed by atoms with Crippen molar-refractivity contribution in [1.82, 2.24) is 0 Å². The molecule has 186 valence electrons. The Kier molecular flexibility index (Phi) is 6.88. The van der Waals surface area contributed by atoms with Crippen LogP contribution in [0.5, 0.6) is 11.5 Å². The Labute approximate surface area is 211 Å². The predicted molar refractivity (Wildman–Crippen MR) is 141 cm³/mol. The first-order valence-electron chi connectivity index (χ1n) is 11.9. The summed E-state index contributed by atoms with van der Waals surface area (Å²) in [5.74, 6) is -0.236. The van der Waals surface area contributed by atoms with Crippen molar-refractivity contribution in [3.63, 3.8) is 0 Å². The lowest BCUT2D eigenvalue weighted by atomic mass is 9.93. The van der Waals surface area contributed by atoms with Crippen LogP contribution < -0.4 is 14.4 Å². The average molecular weight is 486 g/mol. The summed E-state index contributed by atoms with van der Waals surface area (Å²) in [5, 5.41) is 11.5. The van der Waals surface area contributed by atoms with E-state index in [1.807, 2.05) is 58.0 Å². The van der Waals surface area contributed by atoms with Gasteiger partial charge < -0.3 is 14.6 Å². The summed E-state index contributed by atoms with van der Waals surface area (Å²) in [4.78, 5) is 28.5. The summed E-state index contributed by atoms with van der Waals surface area (Å²) >= 11 is 0. The number of nitrogens with zero attached hydrogens (tertiary/aromatic N) is 1. The lowest BCUT2D eigenvalue weighted by molar-refractivity contribution is -0.132. The molecule has 1 aliphatic heterocycles. The summed E-state index contributed by atoms with van der Waals surface area (Å²) in [6.45, 7) is 7.93. The minimum Gasteiger partial charge on any atom is -0.507 e. The fourth-order valence-electron chi connectivity index (χ4n) is 4.77. The topological polar surface area (TPSA) is 76.1 Å². The highest BCUT2D eigenvalue weighted by Crippen LogP contribution is 2.44. The number of hydrogen-bond donors (Lipinski definition) is 1. The van der Waals surface area contributed by atoms with Gasteiger partial charge in [-0.15, -0.1) is 0 Å². The molecule has 1 atom stereocenters. The maximum absolute atomic E-state index is 13.5. The number of methoxy groups -OCH3 is 2. The largest absolute Gasteiger partial charge is 0.507 e. The van der Waals surface area contributed by atoms with Gasteiger partial charge >= 0.3 is 0 Å². The second-order valence-electron chi connectivity index (χ2n) is 9.35. The van der Waals surface area contributed by atoms with Gasteiger partial charge in [0.2, 0.25) is 0 Å². The molecule has 1 unspecified atom stereocenters. The zero-order valence-electron chi connectivity index (χ0n) is 21.5. The molecule has 1 aliphatic rings. The zero-order valence-corrected chi connectivity index (χ0v) is 21.5. The number of ketones is 1. The van der Waals surface area contributed by atoms with Crippen molar-refractivity contribution in [2.75, 3.05) is 19.1 Å². The minimum atomic E-state index is -0.828. The van der Waals surface area contributed by atoms with E-state index < -0.39 is 17.7 Å². The van der Waals surface area contributed by atoms with Crippen LogP contribution in [0, 0.1) is 13.8 Å². The standard InChI is InChI=1S/C30H31NO5/c1-17(2)23-16-21(11-13-25(23)36-6)28(32)26-27(20-8-7-9-22(15-20)35-5)31(30(34)29(26)33)24-12-10-18(3)14-19(24)4/h7-17,27,32H,1-6H3/b28-26-. The Balaban J connectivity index is 1.98. The van der Waals surface area contributed by atoms with E-state index in [0.717, 1.165) is 16.7 Å². The zero-order chi connectivity index (χ0) is 26.1. The molecule has 1 heterocycles. The van der Waals surface area contributed by atoms with Gasteiger partial charge in [0, 0.05) is 11.3 Å². The number of amides is 1. The lowest BCUT2D eigenvalue weighted by Crippen LogP contribution is -2.30. The number of carbonyl (C=O) groups is 2. The number of anilines is 1. The summed E-state index contributed by atoms with van der Waals surface area (Å²) in [6, 6.07) is 17.4. The SMILES string of the molecule is COc1cccc(C2/C(=C(/O)c3ccc(OC)c(C(C)C)c3)C(=O)C(=O)N2c2ccc(C)cc2C)c1. The van der Waals surface area contributed by atoms with Crippen LogP contribution >= 0.6 is 0 Å². The highest BCUT2D eigenvalue weighted by Gasteiger charge is 2.47. The van der Waals surface area contributed by atoms with Crippen molar-refractivity contribution in [3.05, 3.63) is 94.1 Å². The molecule has 1 saturated heterocycles. The van der Waals surface area contributed by atoms with Crippen LogP contribution in [-0.4, -0.2) is 31.0 Å². The van der Waals surface area contributed by atoms with E-state index in [2.05, 4.69) is 0 Å². The highest BCUT2D eigenvalue weighted by atomic mass is 16.5. The van der Waals surface area contributed by atoms with Gasteiger partial charge in [-0.1, -0.05) is 43.7 Å². The molecule has 36 heavy (non-hydrogen) atoms.